The van der Waals surface area contributed by atoms with Crippen LogP contribution in [0.25, 0.3) is 0 Å². The van der Waals surface area contributed by atoms with E-state index in [-0.39, 0.29) is 23.0 Å². The molecule has 11 nitrogen and oxygen atoms in total. The van der Waals surface area contributed by atoms with E-state index < -0.39 is 23.4 Å². The molecule has 0 radical (unpaired) electrons. The summed E-state index contributed by atoms with van der Waals surface area (Å²) in [6.07, 6.45) is 0. The number of amides is 3. The summed E-state index contributed by atoms with van der Waals surface area (Å²) in [6, 6.07) is 12.4. The first-order chi connectivity index (χ1) is 15.4. The standard InChI is InChI=1S/C21H22N4O7/c1-31-18-8-7-15(13-17(18)25(29)30)20(27)32-14-19(26)23-9-11-24(12-10-23)21(28)22-16-5-3-2-4-6-16/h2-8,13H,9-12,14H2,1H3,(H,22,28). The Labute approximate surface area is 183 Å². The van der Waals surface area contributed by atoms with Gasteiger partial charge in [0.05, 0.1) is 17.6 Å². The van der Waals surface area contributed by atoms with Gasteiger partial charge in [-0.15, -0.1) is 0 Å². The molecule has 0 spiro atoms. The summed E-state index contributed by atoms with van der Waals surface area (Å²) in [6.45, 7) is 0.764. The van der Waals surface area contributed by atoms with Gasteiger partial charge in [0.2, 0.25) is 0 Å². The van der Waals surface area contributed by atoms with E-state index in [0.717, 1.165) is 6.07 Å². The van der Waals surface area contributed by atoms with Crippen LogP contribution in [-0.2, 0) is 9.53 Å². The van der Waals surface area contributed by atoms with Gasteiger partial charge in [-0.05, 0) is 24.3 Å². The second-order valence-electron chi connectivity index (χ2n) is 6.88. The Kier molecular flexibility index (Phi) is 7.21. The highest BCUT2D eigenvalue weighted by Gasteiger charge is 2.25. The van der Waals surface area contributed by atoms with Crippen molar-refractivity contribution in [3.8, 4) is 5.75 Å². The molecule has 3 rings (SSSR count). The maximum absolute atomic E-state index is 12.4. The molecule has 0 bridgehead atoms. The fourth-order valence-electron chi connectivity index (χ4n) is 3.14. The summed E-state index contributed by atoms with van der Waals surface area (Å²) < 4.78 is 9.91. The van der Waals surface area contributed by atoms with Crippen molar-refractivity contribution in [3.63, 3.8) is 0 Å². The highest BCUT2D eigenvalue weighted by atomic mass is 16.6. The van der Waals surface area contributed by atoms with Gasteiger partial charge in [0.15, 0.2) is 12.4 Å². The lowest BCUT2D eigenvalue weighted by Crippen LogP contribution is -2.52. The Hall–Kier alpha value is -4.15. The molecule has 0 unspecified atom stereocenters. The fourth-order valence-corrected chi connectivity index (χ4v) is 3.14. The average Bonchev–Trinajstić information content (AvgIpc) is 2.82. The van der Waals surface area contributed by atoms with Crippen molar-refractivity contribution in [2.24, 2.45) is 0 Å². The summed E-state index contributed by atoms with van der Waals surface area (Å²) in [5, 5.41) is 13.9. The minimum atomic E-state index is -0.857. The first kappa shape index (κ1) is 22.5. The largest absolute Gasteiger partial charge is 0.490 e. The highest BCUT2D eigenvalue weighted by molar-refractivity contribution is 5.92. The number of rotatable bonds is 6. The van der Waals surface area contributed by atoms with Crippen LogP contribution in [0.15, 0.2) is 48.5 Å². The van der Waals surface area contributed by atoms with Crippen LogP contribution in [0.3, 0.4) is 0 Å². The summed E-state index contributed by atoms with van der Waals surface area (Å²) >= 11 is 0. The number of nitro groups is 1. The molecule has 1 saturated heterocycles. The Morgan fingerprint density at radius 3 is 2.31 bits per heavy atom. The molecular formula is C21H22N4O7. The normalized spacial score (nSPS) is 13.3. The zero-order valence-electron chi connectivity index (χ0n) is 17.4. The average molecular weight is 442 g/mol. The van der Waals surface area contributed by atoms with Gasteiger partial charge in [-0.25, -0.2) is 9.59 Å². The molecule has 1 aliphatic heterocycles. The topological polar surface area (TPSA) is 131 Å². The molecule has 1 fully saturated rings. The van der Waals surface area contributed by atoms with Gasteiger partial charge in [-0.1, -0.05) is 18.2 Å². The molecule has 1 heterocycles. The minimum Gasteiger partial charge on any atom is -0.490 e. The lowest BCUT2D eigenvalue weighted by atomic mass is 10.2. The van der Waals surface area contributed by atoms with Gasteiger partial charge in [-0.2, -0.15) is 0 Å². The number of benzene rings is 2. The van der Waals surface area contributed by atoms with E-state index >= 15 is 0 Å². The van der Waals surface area contributed by atoms with Crippen molar-refractivity contribution in [2.75, 3.05) is 45.2 Å². The molecule has 32 heavy (non-hydrogen) atoms. The number of methoxy groups -OCH3 is 1. The smallest absolute Gasteiger partial charge is 0.338 e. The zero-order chi connectivity index (χ0) is 23.1. The van der Waals surface area contributed by atoms with E-state index in [1.165, 1.54) is 24.1 Å². The van der Waals surface area contributed by atoms with Crippen molar-refractivity contribution in [3.05, 3.63) is 64.2 Å². The summed E-state index contributed by atoms with van der Waals surface area (Å²) in [5.74, 6) is -1.26. The molecule has 1 aliphatic rings. The van der Waals surface area contributed by atoms with Crippen LogP contribution in [0, 0.1) is 10.1 Å². The van der Waals surface area contributed by atoms with Crippen LogP contribution >= 0.6 is 0 Å². The Morgan fingerprint density at radius 1 is 1.03 bits per heavy atom. The number of carbonyl (C=O) groups is 3. The molecule has 2 aromatic carbocycles. The number of nitro benzene ring substituents is 1. The Balaban J connectivity index is 1.48. The van der Waals surface area contributed by atoms with Gasteiger partial charge >= 0.3 is 17.7 Å². The van der Waals surface area contributed by atoms with Gasteiger partial charge in [0, 0.05) is 37.9 Å². The number of anilines is 1. The summed E-state index contributed by atoms with van der Waals surface area (Å²) in [5.41, 5.74) is 0.243. The lowest BCUT2D eigenvalue weighted by molar-refractivity contribution is -0.385. The number of piperazine rings is 1. The third-order valence-electron chi connectivity index (χ3n) is 4.88. The molecule has 0 aliphatic carbocycles. The molecule has 168 valence electrons. The van der Waals surface area contributed by atoms with Crippen molar-refractivity contribution in [1.29, 1.82) is 0 Å². The maximum atomic E-state index is 12.4. The van der Waals surface area contributed by atoms with E-state index in [1.54, 1.807) is 17.0 Å². The third kappa shape index (κ3) is 5.50. The van der Waals surface area contributed by atoms with Crippen molar-refractivity contribution >= 4 is 29.3 Å². The molecule has 11 heteroatoms. The van der Waals surface area contributed by atoms with E-state index in [0.29, 0.717) is 31.9 Å². The minimum absolute atomic E-state index is 0.0109. The lowest BCUT2D eigenvalue weighted by Gasteiger charge is -2.34. The Bertz CT molecular complexity index is 1000. The van der Waals surface area contributed by atoms with Gasteiger partial charge in [-0.3, -0.25) is 14.9 Å². The molecule has 3 amide bonds. The number of carbonyl (C=O) groups excluding carboxylic acids is 3. The zero-order valence-corrected chi connectivity index (χ0v) is 17.4. The van der Waals surface area contributed by atoms with Gasteiger partial charge in [0.25, 0.3) is 5.91 Å². The van der Waals surface area contributed by atoms with Crippen LogP contribution in [-0.4, -0.2) is 72.5 Å². The van der Waals surface area contributed by atoms with Crippen molar-refractivity contribution in [2.45, 2.75) is 0 Å². The van der Waals surface area contributed by atoms with Crippen LogP contribution in [0.4, 0.5) is 16.2 Å². The number of nitrogens with one attached hydrogen (secondary N) is 1. The first-order valence-corrected chi connectivity index (χ1v) is 9.77. The second-order valence-corrected chi connectivity index (χ2v) is 6.88. The highest BCUT2D eigenvalue weighted by Crippen LogP contribution is 2.27. The van der Waals surface area contributed by atoms with Crippen LogP contribution in [0.2, 0.25) is 0 Å². The van der Waals surface area contributed by atoms with E-state index in [1.807, 2.05) is 18.2 Å². The number of urea groups is 1. The number of esters is 1. The van der Waals surface area contributed by atoms with Crippen molar-refractivity contribution < 1.29 is 28.8 Å². The van der Waals surface area contributed by atoms with Crippen molar-refractivity contribution in [1.82, 2.24) is 9.80 Å². The molecule has 0 atom stereocenters. The van der Waals surface area contributed by atoms with E-state index in [9.17, 15) is 24.5 Å². The van der Waals surface area contributed by atoms with E-state index in [4.69, 9.17) is 9.47 Å². The van der Waals surface area contributed by atoms with Crippen LogP contribution < -0.4 is 10.1 Å². The third-order valence-corrected chi connectivity index (χ3v) is 4.88. The van der Waals surface area contributed by atoms with Crippen LogP contribution in [0.1, 0.15) is 10.4 Å². The molecule has 0 aromatic heterocycles. The predicted octanol–water partition coefficient (Wildman–Crippen LogP) is 2.14. The van der Waals surface area contributed by atoms with E-state index in [2.05, 4.69) is 5.32 Å². The molecular weight excluding hydrogens is 420 g/mol. The quantitative estimate of drug-likeness (QED) is 0.412. The van der Waals surface area contributed by atoms with Gasteiger partial charge in [0.1, 0.15) is 0 Å². The SMILES string of the molecule is COc1ccc(C(=O)OCC(=O)N2CCN(C(=O)Nc3ccccc3)CC2)cc1[N+](=O)[O-]. The second kappa shape index (κ2) is 10.2. The summed E-state index contributed by atoms with van der Waals surface area (Å²) in [4.78, 5) is 50.4. The fraction of sp³-hybridized carbons (Fsp3) is 0.286. The predicted molar refractivity (Wildman–Crippen MR) is 114 cm³/mol. The Morgan fingerprint density at radius 2 is 1.69 bits per heavy atom. The summed E-state index contributed by atoms with van der Waals surface area (Å²) in [7, 11) is 1.28. The number of para-hydroxylation sites is 1. The van der Waals surface area contributed by atoms with Gasteiger partial charge < -0.3 is 24.6 Å². The number of ether oxygens (including phenoxy) is 2. The monoisotopic (exact) mass is 442 g/mol. The number of nitrogens with zero attached hydrogens (tertiary/aromatic N) is 3. The molecule has 1 N–H and O–H groups in total. The number of hydrogen-bond acceptors (Lipinski definition) is 7. The first-order valence-electron chi connectivity index (χ1n) is 9.77. The molecule has 0 saturated carbocycles. The van der Waals surface area contributed by atoms with Crippen LogP contribution in [0.5, 0.6) is 5.75 Å². The number of hydrogen-bond donors (Lipinski definition) is 1. The maximum Gasteiger partial charge on any atom is 0.338 e. The molecule has 2 aromatic rings.